The van der Waals surface area contributed by atoms with Gasteiger partial charge in [-0.3, -0.25) is 4.79 Å². The van der Waals surface area contributed by atoms with Crippen molar-refractivity contribution in [1.29, 1.82) is 0 Å². The highest BCUT2D eigenvalue weighted by Gasteiger charge is 2.17. The number of carboxylic acid groups (broad SMARTS) is 1. The molecule has 21 heavy (non-hydrogen) atoms. The zero-order valence-electron chi connectivity index (χ0n) is 12.0. The molecular weight excluding hydrogens is 270 g/mol. The van der Waals surface area contributed by atoms with E-state index in [0.717, 1.165) is 25.9 Å². The van der Waals surface area contributed by atoms with Crippen LogP contribution >= 0.6 is 0 Å². The van der Waals surface area contributed by atoms with Crippen molar-refractivity contribution in [3.8, 4) is 0 Å². The van der Waals surface area contributed by atoms with Crippen molar-refractivity contribution < 1.29 is 14.7 Å². The number of rotatable bonds is 5. The van der Waals surface area contributed by atoms with E-state index in [4.69, 9.17) is 10.8 Å². The molecule has 1 aromatic rings. The van der Waals surface area contributed by atoms with Gasteiger partial charge < -0.3 is 21.1 Å². The topological polar surface area (TPSA) is 95.7 Å². The maximum Gasteiger partial charge on any atom is 0.337 e. The Kier molecular flexibility index (Phi) is 5.03. The number of carbonyl (C=O) groups excluding carboxylic acids is 1. The second kappa shape index (κ2) is 6.97. The molecule has 114 valence electrons. The first kappa shape index (κ1) is 15.2. The van der Waals surface area contributed by atoms with Gasteiger partial charge >= 0.3 is 5.97 Å². The number of benzene rings is 1. The molecule has 0 atom stereocenters. The Hall–Kier alpha value is -2.24. The van der Waals surface area contributed by atoms with Crippen LogP contribution in [-0.4, -0.2) is 41.5 Å². The summed E-state index contributed by atoms with van der Waals surface area (Å²) in [5, 5.41) is 12.1. The molecule has 0 aromatic heterocycles. The minimum absolute atomic E-state index is 0.105. The summed E-state index contributed by atoms with van der Waals surface area (Å²) in [5.41, 5.74) is 6.68. The fraction of sp³-hybridized carbons (Fsp3) is 0.467. The van der Waals surface area contributed by atoms with E-state index in [0.29, 0.717) is 24.3 Å². The van der Waals surface area contributed by atoms with Crippen LogP contribution in [0.1, 0.15) is 36.0 Å². The molecule has 1 heterocycles. The predicted molar refractivity (Wildman–Crippen MR) is 81.4 cm³/mol. The molecule has 0 spiro atoms. The number of hydrogen-bond donors (Lipinski definition) is 3. The molecule has 1 aliphatic rings. The van der Waals surface area contributed by atoms with E-state index >= 15 is 0 Å². The molecule has 6 heteroatoms. The summed E-state index contributed by atoms with van der Waals surface area (Å²) in [7, 11) is 0. The first-order valence-electron chi connectivity index (χ1n) is 7.23. The van der Waals surface area contributed by atoms with Crippen LogP contribution in [0.15, 0.2) is 18.2 Å². The lowest BCUT2D eigenvalue weighted by Crippen LogP contribution is -2.36. The molecule has 0 saturated carbocycles. The number of nitrogens with zero attached hydrogens (tertiary/aromatic N) is 1. The van der Waals surface area contributed by atoms with Gasteiger partial charge in [0.1, 0.15) is 0 Å². The smallest absolute Gasteiger partial charge is 0.337 e. The number of nitrogens with two attached hydrogens (primary N) is 1. The maximum atomic E-state index is 12.0. The van der Waals surface area contributed by atoms with E-state index in [9.17, 15) is 9.59 Å². The third kappa shape index (κ3) is 3.87. The Morgan fingerprint density at radius 1 is 1.24 bits per heavy atom. The van der Waals surface area contributed by atoms with Crippen molar-refractivity contribution in [2.45, 2.75) is 25.7 Å². The number of likely N-dealkylation sites (tertiary alicyclic amines) is 1. The van der Waals surface area contributed by atoms with Gasteiger partial charge in [0.15, 0.2) is 0 Å². The van der Waals surface area contributed by atoms with E-state index in [-0.39, 0.29) is 11.5 Å². The Labute approximate surface area is 123 Å². The number of nitrogen functional groups attached to an aromatic ring is 1. The third-order valence-electron chi connectivity index (χ3n) is 3.68. The SMILES string of the molecule is Nc1cccc(C(=O)O)c1NCCC(=O)N1CCCCC1. The van der Waals surface area contributed by atoms with Crippen LogP contribution in [0.4, 0.5) is 11.4 Å². The fourth-order valence-electron chi connectivity index (χ4n) is 2.54. The number of carboxylic acids is 1. The van der Waals surface area contributed by atoms with Crippen molar-refractivity contribution in [1.82, 2.24) is 4.90 Å². The first-order valence-corrected chi connectivity index (χ1v) is 7.23. The number of aromatic carboxylic acids is 1. The monoisotopic (exact) mass is 291 g/mol. The lowest BCUT2D eigenvalue weighted by molar-refractivity contribution is -0.131. The largest absolute Gasteiger partial charge is 0.478 e. The van der Waals surface area contributed by atoms with Crippen molar-refractivity contribution in [3.63, 3.8) is 0 Å². The standard InChI is InChI=1S/C15H21N3O3/c16-12-6-4-5-11(15(20)21)14(12)17-8-7-13(19)18-9-2-1-3-10-18/h4-6,17H,1-3,7-10,16H2,(H,20,21). The normalized spacial score (nSPS) is 14.8. The Balaban J connectivity index is 1.91. The van der Waals surface area contributed by atoms with Gasteiger partial charge in [0.25, 0.3) is 0 Å². The quantitative estimate of drug-likeness (QED) is 0.719. The average molecular weight is 291 g/mol. The number of hydrogen-bond acceptors (Lipinski definition) is 4. The van der Waals surface area contributed by atoms with Crippen molar-refractivity contribution in [2.24, 2.45) is 0 Å². The average Bonchev–Trinajstić information content (AvgIpc) is 2.49. The van der Waals surface area contributed by atoms with Gasteiger partial charge in [0, 0.05) is 26.1 Å². The maximum absolute atomic E-state index is 12.0. The highest BCUT2D eigenvalue weighted by atomic mass is 16.4. The van der Waals surface area contributed by atoms with Crippen molar-refractivity contribution in [3.05, 3.63) is 23.8 Å². The van der Waals surface area contributed by atoms with E-state index in [1.807, 2.05) is 4.90 Å². The molecule has 6 nitrogen and oxygen atoms in total. The van der Waals surface area contributed by atoms with Gasteiger partial charge in [-0.1, -0.05) is 6.07 Å². The van der Waals surface area contributed by atoms with E-state index in [2.05, 4.69) is 5.32 Å². The number of anilines is 2. The van der Waals surface area contributed by atoms with Crippen LogP contribution in [0.3, 0.4) is 0 Å². The van der Waals surface area contributed by atoms with Gasteiger partial charge in [-0.15, -0.1) is 0 Å². The summed E-state index contributed by atoms with van der Waals surface area (Å²) in [6, 6.07) is 4.73. The number of piperidine rings is 1. The molecular formula is C15H21N3O3. The van der Waals surface area contributed by atoms with Crippen molar-refractivity contribution >= 4 is 23.3 Å². The molecule has 1 amide bonds. The molecule has 0 unspecified atom stereocenters. The van der Waals surface area contributed by atoms with Crippen LogP contribution in [0.25, 0.3) is 0 Å². The first-order chi connectivity index (χ1) is 10.1. The molecule has 0 aliphatic carbocycles. The summed E-state index contributed by atoms with van der Waals surface area (Å²) in [5.74, 6) is -0.930. The number of nitrogens with one attached hydrogen (secondary N) is 1. The molecule has 4 N–H and O–H groups in total. The van der Waals surface area contributed by atoms with E-state index in [1.54, 1.807) is 12.1 Å². The van der Waals surface area contributed by atoms with Gasteiger partial charge in [0.05, 0.1) is 16.9 Å². The Bertz CT molecular complexity index is 525. The summed E-state index contributed by atoms with van der Waals surface area (Å²) >= 11 is 0. The Morgan fingerprint density at radius 3 is 2.62 bits per heavy atom. The van der Waals surface area contributed by atoms with E-state index in [1.165, 1.54) is 12.5 Å². The fourth-order valence-corrected chi connectivity index (χ4v) is 2.54. The number of amides is 1. The number of carbonyl (C=O) groups is 2. The minimum Gasteiger partial charge on any atom is -0.478 e. The molecule has 0 bridgehead atoms. The molecule has 1 aromatic carbocycles. The third-order valence-corrected chi connectivity index (χ3v) is 3.68. The lowest BCUT2D eigenvalue weighted by Gasteiger charge is -2.26. The van der Waals surface area contributed by atoms with Gasteiger partial charge in [0.2, 0.25) is 5.91 Å². The van der Waals surface area contributed by atoms with Gasteiger partial charge in [-0.05, 0) is 31.4 Å². The van der Waals surface area contributed by atoms with Crippen LogP contribution in [0.5, 0.6) is 0 Å². The molecule has 1 aliphatic heterocycles. The summed E-state index contributed by atoms with van der Waals surface area (Å²) in [6.07, 6.45) is 3.65. The minimum atomic E-state index is -1.04. The van der Waals surface area contributed by atoms with Crippen LogP contribution < -0.4 is 11.1 Å². The van der Waals surface area contributed by atoms with Crippen LogP contribution in [0, 0.1) is 0 Å². The van der Waals surface area contributed by atoms with Gasteiger partial charge in [-0.2, -0.15) is 0 Å². The Morgan fingerprint density at radius 2 is 1.95 bits per heavy atom. The zero-order chi connectivity index (χ0) is 15.2. The second-order valence-corrected chi connectivity index (χ2v) is 5.19. The summed E-state index contributed by atoms with van der Waals surface area (Å²) in [6.45, 7) is 2.03. The molecule has 1 saturated heterocycles. The molecule has 1 fully saturated rings. The highest BCUT2D eigenvalue weighted by molar-refractivity contribution is 5.97. The summed E-state index contributed by atoms with van der Waals surface area (Å²) < 4.78 is 0. The second-order valence-electron chi connectivity index (χ2n) is 5.19. The zero-order valence-corrected chi connectivity index (χ0v) is 12.0. The summed E-state index contributed by atoms with van der Waals surface area (Å²) in [4.78, 5) is 25.1. The molecule has 0 radical (unpaired) electrons. The van der Waals surface area contributed by atoms with Crippen molar-refractivity contribution in [2.75, 3.05) is 30.7 Å². The number of para-hydroxylation sites is 1. The predicted octanol–water partition coefficient (Wildman–Crippen LogP) is 1.78. The van der Waals surface area contributed by atoms with Gasteiger partial charge in [-0.25, -0.2) is 4.79 Å². The molecule has 2 rings (SSSR count). The lowest BCUT2D eigenvalue weighted by atomic mass is 10.1. The highest BCUT2D eigenvalue weighted by Crippen LogP contribution is 2.23. The van der Waals surface area contributed by atoms with Crippen LogP contribution in [0.2, 0.25) is 0 Å². The van der Waals surface area contributed by atoms with E-state index < -0.39 is 5.97 Å². The van der Waals surface area contributed by atoms with Crippen LogP contribution in [-0.2, 0) is 4.79 Å².